The van der Waals surface area contributed by atoms with Crippen LogP contribution < -0.4 is 9.47 Å². The molecule has 2 aliphatic heterocycles. The van der Waals surface area contributed by atoms with Crippen molar-refractivity contribution in [2.24, 2.45) is 0 Å². The molecule has 0 saturated carbocycles. The Labute approximate surface area is 192 Å². The van der Waals surface area contributed by atoms with Crippen LogP contribution >= 0.6 is 0 Å². The van der Waals surface area contributed by atoms with E-state index in [9.17, 15) is 0 Å². The van der Waals surface area contributed by atoms with Crippen LogP contribution in [0.5, 0.6) is 11.5 Å². The van der Waals surface area contributed by atoms with Gasteiger partial charge >= 0.3 is 0 Å². The molecule has 156 valence electrons. The van der Waals surface area contributed by atoms with Gasteiger partial charge in [0.2, 0.25) is 0 Å². The first-order valence-corrected chi connectivity index (χ1v) is 11.2. The molecule has 0 aliphatic carbocycles. The smallest absolute Gasteiger partial charge is 0.132 e. The van der Waals surface area contributed by atoms with E-state index in [-0.39, 0.29) is 0 Å². The molecule has 1 spiro atoms. The van der Waals surface area contributed by atoms with Crippen LogP contribution in [0.1, 0.15) is 16.7 Å². The molecule has 33 heavy (non-hydrogen) atoms. The molecule has 0 aromatic heterocycles. The minimum absolute atomic E-state index is 0.534. The lowest BCUT2D eigenvalue weighted by atomic mass is 9.68. The summed E-state index contributed by atoms with van der Waals surface area (Å²) in [7, 11) is 0. The van der Waals surface area contributed by atoms with Crippen molar-refractivity contribution >= 4 is 27.3 Å². The van der Waals surface area contributed by atoms with Gasteiger partial charge in [0.15, 0.2) is 0 Å². The Morgan fingerprint density at radius 2 is 1.15 bits per heavy atom. The summed E-state index contributed by atoms with van der Waals surface area (Å²) in [6.07, 6.45) is 6.27. The normalized spacial score (nSPS) is 18.4. The molecule has 7 rings (SSSR count). The highest BCUT2D eigenvalue weighted by Crippen LogP contribution is 2.54. The standard InChI is InChI=1S/C31H20O2/c1-2-10-23(11-3-1)28-20-31(30-25-13-7-5-9-22(25)15-17-27(30)33-28)18-19-32-26-16-14-21-8-4-6-12-24(21)29(26)31/h1-20H. The zero-order valence-corrected chi connectivity index (χ0v) is 17.9. The van der Waals surface area contributed by atoms with Crippen LogP contribution in [0.2, 0.25) is 0 Å². The Hall–Kier alpha value is -4.30. The van der Waals surface area contributed by atoms with Crippen molar-refractivity contribution in [1.29, 1.82) is 0 Å². The summed E-state index contributed by atoms with van der Waals surface area (Å²) < 4.78 is 12.6. The second-order valence-electron chi connectivity index (χ2n) is 8.59. The van der Waals surface area contributed by atoms with Crippen LogP contribution in [-0.4, -0.2) is 0 Å². The predicted molar refractivity (Wildman–Crippen MR) is 133 cm³/mol. The topological polar surface area (TPSA) is 18.5 Å². The third-order valence-corrected chi connectivity index (χ3v) is 6.77. The number of benzene rings is 5. The van der Waals surface area contributed by atoms with Crippen LogP contribution in [0.15, 0.2) is 122 Å². The molecule has 0 N–H and O–H groups in total. The van der Waals surface area contributed by atoms with E-state index in [1.54, 1.807) is 0 Å². The van der Waals surface area contributed by atoms with Crippen molar-refractivity contribution in [3.63, 3.8) is 0 Å². The zero-order valence-electron chi connectivity index (χ0n) is 17.9. The van der Waals surface area contributed by atoms with E-state index in [0.717, 1.165) is 33.9 Å². The second kappa shape index (κ2) is 6.85. The molecule has 1 unspecified atom stereocenters. The minimum Gasteiger partial charge on any atom is -0.465 e. The Balaban J connectivity index is 1.65. The van der Waals surface area contributed by atoms with Gasteiger partial charge in [-0.3, -0.25) is 0 Å². The van der Waals surface area contributed by atoms with Crippen molar-refractivity contribution in [3.8, 4) is 11.5 Å². The Morgan fingerprint density at radius 1 is 0.545 bits per heavy atom. The molecule has 0 bridgehead atoms. The summed E-state index contributed by atoms with van der Waals surface area (Å²) in [5.41, 5.74) is 2.82. The Morgan fingerprint density at radius 3 is 1.88 bits per heavy atom. The van der Waals surface area contributed by atoms with Gasteiger partial charge in [0, 0.05) is 16.7 Å². The zero-order chi connectivity index (χ0) is 21.8. The van der Waals surface area contributed by atoms with E-state index in [4.69, 9.17) is 9.47 Å². The number of hydrogen-bond acceptors (Lipinski definition) is 2. The molecule has 0 fully saturated rings. The highest BCUT2D eigenvalue weighted by Gasteiger charge is 2.43. The van der Waals surface area contributed by atoms with Gasteiger partial charge in [0.1, 0.15) is 17.3 Å². The maximum atomic E-state index is 6.57. The number of hydrogen-bond donors (Lipinski definition) is 0. The molecular formula is C31H20O2. The monoisotopic (exact) mass is 424 g/mol. The molecule has 0 radical (unpaired) electrons. The van der Waals surface area contributed by atoms with E-state index < -0.39 is 5.41 Å². The third kappa shape index (κ3) is 2.61. The highest BCUT2D eigenvalue weighted by atomic mass is 16.5. The van der Waals surface area contributed by atoms with Crippen molar-refractivity contribution in [1.82, 2.24) is 0 Å². The number of ether oxygens (including phenoxy) is 2. The van der Waals surface area contributed by atoms with Crippen LogP contribution in [0.25, 0.3) is 27.3 Å². The van der Waals surface area contributed by atoms with Gasteiger partial charge in [-0.15, -0.1) is 0 Å². The van der Waals surface area contributed by atoms with Crippen LogP contribution in [0.4, 0.5) is 0 Å². The van der Waals surface area contributed by atoms with Crippen LogP contribution in [0.3, 0.4) is 0 Å². The average Bonchev–Trinajstić information content (AvgIpc) is 2.89. The lowest BCUT2D eigenvalue weighted by molar-refractivity contribution is 0.433. The lowest BCUT2D eigenvalue weighted by Crippen LogP contribution is -2.31. The Bertz CT molecular complexity index is 1560. The van der Waals surface area contributed by atoms with Gasteiger partial charge in [-0.05, 0) is 45.8 Å². The van der Waals surface area contributed by atoms with E-state index in [2.05, 4.69) is 97.1 Å². The van der Waals surface area contributed by atoms with Crippen LogP contribution in [-0.2, 0) is 5.41 Å². The number of fused-ring (bicyclic) bond motifs is 8. The second-order valence-corrected chi connectivity index (χ2v) is 8.59. The molecule has 0 saturated heterocycles. The highest BCUT2D eigenvalue weighted by molar-refractivity contribution is 5.97. The average molecular weight is 424 g/mol. The van der Waals surface area contributed by atoms with Gasteiger partial charge < -0.3 is 9.47 Å². The molecule has 1 atom stereocenters. The molecule has 2 heteroatoms. The fourth-order valence-corrected chi connectivity index (χ4v) is 5.34. The summed E-state index contributed by atoms with van der Waals surface area (Å²) in [6.45, 7) is 0. The van der Waals surface area contributed by atoms with Crippen molar-refractivity contribution < 1.29 is 9.47 Å². The van der Waals surface area contributed by atoms with E-state index >= 15 is 0 Å². The maximum Gasteiger partial charge on any atom is 0.132 e. The molecule has 5 aromatic rings. The molecular weight excluding hydrogens is 404 g/mol. The van der Waals surface area contributed by atoms with Gasteiger partial charge in [-0.2, -0.15) is 0 Å². The molecule has 0 amide bonds. The molecule has 2 aliphatic rings. The molecule has 2 nitrogen and oxygen atoms in total. The Kier molecular flexibility index (Phi) is 3.80. The van der Waals surface area contributed by atoms with Crippen molar-refractivity contribution in [2.45, 2.75) is 5.41 Å². The van der Waals surface area contributed by atoms with Crippen LogP contribution in [0, 0.1) is 0 Å². The summed E-state index contributed by atoms with van der Waals surface area (Å²) in [4.78, 5) is 0. The van der Waals surface area contributed by atoms with Gasteiger partial charge in [0.25, 0.3) is 0 Å². The van der Waals surface area contributed by atoms with Gasteiger partial charge in [-0.1, -0.05) is 91.0 Å². The SMILES string of the molecule is C1=CC2(C=C(c3ccccc3)Oc3ccc4ccccc4c32)c2c(ccc3ccccc23)O1. The summed E-state index contributed by atoms with van der Waals surface area (Å²) in [5, 5.41) is 4.75. The van der Waals surface area contributed by atoms with Crippen molar-refractivity contribution in [2.75, 3.05) is 0 Å². The van der Waals surface area contributed by atoms with E-state index in [1.165, 1.54) is 21.5 Å². The van der Waals surface area contributed by atoms with E-state index in [1.807, 2.05) is 24.5 Å². The molecule has 5 aromatic carbocycles. The fraction of sp³-hybridized carbons (Fsp3) is 0.0323. The lowest BCUT2D eigenvalue weighted by Gasteiger charge is -2.39. The van der Waals surface area contributed by atoms with Crippen molar-refractivity contribution in [3.05, 3.63) is 138 Å². The predicted octanol–water partition coefficient (Wildman–Crippen LogP) is 7.62. The number of allylic oxidation sites excluding steroid dienone is 2. The number of rotatable bonds is 1. The third-order valence-electron chi connectivity index (χ3n) is 6.77. The first-order chi connectivity index (χ1) is 16.3. The summed E-state index contributed by atoms with van der Waals surface area (Å²) >= 11 is 0. The minimum atomic E-state index is -0.534. The first-order valence-electron chi connectivity index (χ1n) is 11.2. The summed E-state index contributed by atoms with van der Waals surface area (Å²) in [5.74, 6) is 2.60. The van der Waals surface area contributed by atoms with Gasteiger partial charge in [0.05, 0.1) is 11.7 Å². The largest absolute Gasteiger partial charge is 0.465 e. The first kappa shape index (κ1) is 18.3. The quantitative estimate of drug-likeness (QED) is 0.276. The molecule has 2 heterocycles. The van der Waals surface area contributed by atoms with E-state index in [0.29, 0.717) is 0 Å². The fourth-order valence-electron chi connectivity index (χ4n) is 5.34. The summed E-state index contributed by atoms with van der Waals surface area (Å²) in [6, 6.07) is 35.8. The van der Waals surface area contributed by atoms with Gasteiger partial charge in [-0.25, -0.2) is 0 Å². The maximum absolute atomic E-state index is 6.57.